The minimum atomic E-state index is 1.11. The van der Waals surface area contributed by atoms with Gasteiger partial charge in [-0.3, -0.25) is 0 Å². The summed E-state index contributed by atoms with van der Waals surface area (Å²) in [5, 5.41) is 9.25. The Bertz CT molecular complexity index is 178. The summed E-state index contributed by atoms with van der Waals surface area (Å²) in [5.41, 5.74) is 1.27. The van der Waals surface area contributed by atoms with E-state index in [9.17, 15) is 5.11 Å². The van der Waals surface area contributed by atoms with Crippen molar-refractivity contribution in [2.75, 3.05) is 0 Å². The first-order chi connectivity index (χ1) is 9.35. The molecule has 0 saturated carbocycles. The highest BCUT2D eigenvalue weighted by atomic mass is 16.2. The minimum Gasteiger partial charge on any atom is -0.516 e. The van der Waals surface area contributed by atoms with Crippen molar-refractivity contribution < 1.29 is 5.11 Å². The first-order valence-electron chi connectivity index (χ1n) is 8.67. The smallest absolute Gasteiger partial charge is 0.0783 e. The van der Waals surface area contributed by atoms with Crippen LogP contribution in [0.4, 0.5) is 0 Å². The van der Waals surface area contributed by atoms with E-state index >= 15 is 0 Å². The number of rotatable bonds is 14. The van der Waals surface area contributed by atoms with E-state index in [0.29, 0.717) is 0 Å². The molecule has 0 fully saturated rings. The Morgan fingerprint density at radius 1 is 0.632 bits per heavy atom. The lowest BCUT2D eigenvalue weighted by atomic mass is 10.0. The number of aliphatic hydroxyl groups is 1. The number of hydrogen-bond acceptors (Lipinski definition) is 1. The van der Waals surface area contributed by atoms with Gasteiger partial charge >= 0.3 is 0 Å². The zero-order valence-electron chi connectivity index (χ0n) is 13.4. The SMILES string of the molecule is CCCCCCCCC(=CO)CCCCCCCC. The normalized spacial score (nSPS) is 10.6. The molecule has 0 bridgehead atoms. The molecule has 0 atom stereocenters. The predicted octanol–water partition coefficient (Wildman–Crippen LogP) is 6.93. The quantitative estimate of drug-likeness (QED) is 0.267. The van der Waals surface area contributed by atoms with Gasteiger partial charge < -0.3 is 5.11 Å². The van der Waals surface area contributed by atoms with Crippen molar-refractivity contribution in [3.8, 4) is 0 Å². The highest BCUT2D eigenvalue weighted by Gasteiger charge is 1.99. The van der Waals surface area contributed by atoms with Crippen molar-refractivity contribution in [2.24, 2.45) is 0 Å². The number of hydrogen-bond donors (Lipinski definition) is 1. The topological polar surface area (TPSA) is 20.2 Å². The monoisotopic (exact) mass is 268 g/mol. The van der Waals surface area contributed by atoms with Gasteiger partial charge in [-0.05, 0) is 31.3 Å². The summed E-state index contributed by atoms with van der Waals surface area (Å²) in [5.74, 6) is 0. The second-order valence-corrected chi connectivity index (χ2v) is 5.82. The van der Waals surface area contributed by atoms with E-state index < -0.39 is 0 Å². The van der Waals surface area contributed by atoms with Crippen LogP contribution in [0.15, 0.2) is 11.8 Å². The fourth-order valence-electron chi connectivity index (χ4n) is 2.52. The zero-order valence-corrected chi connectivity index (χ0v) is 13.4. The van der Waals surface area contributed by atoms with Gasteiger partial charge in [0, 0.05) is 0 Å². The number of allylic oxidation sites excluding steroid dienone is 1. The molecule has 0 aliphatic carbocycles. The maximum Gasteiger partial charge on any atom is 0.0783 e. The molecule has 0 aromatic rings. The summed E-state index contributed by atoms with van der Waals surface area (Å²) in [4.78, 5) is 0. The number of unbranched alkanes of at least 4 members (excludes halogenated alkanes) is 10. The summed E-state index contributed by atoms with van der Waals surface area (Å²) in [6.45, 7) is 4.51. The van der Waals surface area contributed by atoms with Gasteiger partial charge in [0.1, 0.15) is 0 Å². The van der Waals surface area contributed by atoms with E-state index in [-0.39, 0.29) is 0 Å². The Labute approximate surface area is 121 Å². The molecule has 0 saturated heterocycles. The van der Waals surface area contributed by atoms with E-state index in [2.05, 4.69) is 13.8 Å². The van der Waals surface area contributed by atoms with Crippen molar-refractivity contribution in [2.45, 2.75) is 104 Å². The molecule has 114 valence electrons. The first-order valence-corrected chi connectivity index (χ1v) is 8.67. The molecule has 0 aromatic carbocycles. The molecule has 1 heteroatoms. The molecule has 0 heterocycles. The van der Waals surface area contributed by atoms with E-state index in [1.54, 1.807) is 0 Å². The molecule has 0 aromatic heterocycles. The van der Waals surface area contributed by atoms with Crippen molar-refractivity contribution in [3.05, 3.63) is 11.8 Å². The molecule has 0 amide bonds. The highest BCUT2D eigenvalue weighted by molar-refractivity contribution is 4.96. The van der Waals surface area contributed by atoms with Gasteiger partial charge in [0.15, 0.2) is 0 Å². The third kappa shape index (κ3) is 13.8. The summed E-state index contributed by atoms with van der Waals surface area (Å²) < 4.78 is 0. The van der Waals surface area contributed by atoms with Crippen LogP contribution in [0, 0.1) is 0 Å². The average molecular weight is 268 g/mol. The zero-order chi connectivity index (χ0) is 14.2. The Morgan fingerprint density at radius 2 is 1.00 bits per heavy atom. The maximum atomic E-state index is 9.25. The fraction of sp³-hybridized carbons (Fsp3) is 0.889. The van der Waals surface area contributed by atoms with Crippen molar-refractivity contribution in [1.82, 2.24) is 0 Å². The van der Waals surface area contributed by atoms with Crippen LogP contribution < -0.4 is 0 Å². The lowest BCUT2D eigenvalue weighted by molar-refractivity contribution is 0.456. The third-order valence-electron chi connectivity index (χ3n) is 3.89. The van der Waals surface area contributed by atoms with Crippen molar-refractivity contribution in [3.63, 3.8) is 0 Å². The van der Waals surface area contributed by atoms with Crippen LogP contribution in [0.3, 0.4) is 0 Å². The second-order valence-electron chi connectivity index (χ2n) is 5.82. The van der Waals surface area contributed by atoms with Crippen LogP contribution in [-0.4, -0.2) is 5.11 Å². The molecule has 0 rings (SSSR count). The summed E-state index contributed by atoms with van der Waals surface area (Å²) >= 11 is 0. The van der Waals surface area contributed by atoms with Gasteiger partial charge in [0.2, 0.25) is 0 Å². The Hall–Kier alpha value is -0.460. The Kier molecular flexibility index (Phi) is 15.2. The van der Waals surface area contributed by atoms with Gasteiger partial charge in [-0.2, -0.15) is 0 Å². The molecule has 0 unspecified atom stereocenters. The van der Waals surface area contributed by atoms with E-state index in [1.807, 2.05) is 0 Å². The average Bonchev–Trinajstić information content (AvgIpc) is 2.44. The van der Waals surface area contributed by atoms with Crippen LogP contribution in [-0.2, 0) is 0 Å². The maximum absolute atomic E-state index is 9.25. The number of aliphatic hydroxyl groups excluding tert-OH is 1. The molecule has 0 radical (unpaired) electrons. The van der Waals surface area contributed by atoms with Crippen LogP contribution in [0.25, 0.3) is 0 Å². The summed E-state index contributed by atoms with van der Waals surface area (Å²) in [6, 6.07) is 0. The van der Waals surface area contributed by atoms with Gasteiger partial charge in [0.05, 0.1) is 6.26 Å². The largest absolute Gasteiger partial charge is 0.516 e. The van der Waals surface area contributed by atoms with Gasteiger partial charge in [-0.15, -0.1) is 0 Å². The first kappa shape index (κ1) is 18.5. The van der Waals surface area contributed by atoms with Gasteiger partial charge in [-0.1, -0.05) is 78.1 Å². The van der Waals surface area contributed by atoms with Crippen LogP contribution in [0.2, 0.25) is 0 Å². The lowest BCUT2D eigenvalue weighted by Crippen LogP contribution is -1.88. The molecular weight excluding hydrogens is 232 g/mol. The van der Waals surface area contributed by atoms with E-state index in [1.165, 1.54) is 88.9 Å². The fourth-order valence-corrected chi connectivity index (χ4v) is 2.52. The molecule has 1 nitrogen and oxygen atoms in total. The van der Waals surface area contributed by atoms with Crippen molar-refractivity contribution >= 4 is 0 Å². The highest BCUT2D eigenvalue weighted by Crippen LogP contribution is 2.17. The molecule has 0 aliphatic heterocycles. The van der Waals surface area contributed by atoms with Crippen LogP contribution >= 0.6 is 0 Å². The van der Waals surface area contributed by atoms with Crippen molar-refractivity contribution in [1.29, 1.82) is 0 Å². The van der Waals surface area contributed by atoms with Gasteiger partial charge in [0.25, 0.3) is 0 Å². The van der Waals surface area contributed by atoms with Gasteiger partial charge in [-0.25, -0.2) is 0 Å². The third-order valence-corrected chi connectivity index (χ3v) is 3.89. The molecular formula is C18H36O. The predicted molar refractivity (Wildman–Crippen MR) is 86.7 cm³/mol. The van der Waals surface area contributed by atoms with Crippen LogP contribution in [0.5, 0.6) is 0 Å². The second kappa shape index (κ2) is 15.6. The Morgan fingerprint density at radius 3 is 1.37 bits per heavy atom. The van der Waals surface area contributed by atoms with Crippen LogP contribution in [0.1, 0.15) is 104 Å². The minimum absolute atomic E-state index is 1.11. The van der Waals surface area contributed by atoms with E-state index in [0.717, 1.165) is 12.8 Å². The standard InChI is InChI=1S/C18H36O/c1-3-5-7-9-11-13-15-18(17-19)16-14-12-10-8-6-4-2/h17,19H,3-16H2,1-2H3. The Balaban J connectivity index is 3.36. The molecule has 1 N–H and O–H groups in total. The summed E-state index contributed by atoms with van der Waals surface area (Å²) in [7, 11) is 0. The molecule has 0 spiro atoms. The molecule has 0 aliphatic rings. The summed E-state index contributed by atoms with van der Waals surface area (Å²) in [6.07, 6.45) is 19.6. The molecule has 19 heavy (non-hydrogen) atoms. The van der Waals surface area contributed by atoms with E-state index in [4.69, 9.17) is 0 Å². The lowest BCUT2D eigenvalue weighted by Gasteiger charge is -2.06.